The quantitative estimate of drug-likeness (QED) is 0.751. The zero-order chi connectivity index (χ0) is 14.4. The molecule has 6 heteroatoms. The van der Waals surface area contributed by atoms with Gasteiger partial charge in [0.25, 0.3) is 0 Å². The average molecular weight is 274 g/mol. The molecule has 102 valence electrons. The van der Waals surface area contributed by atoms with Crippen molar-refractivity contribution >= 4 is 17.0 Å². The fraction of sp³-hybridized carbons (Fsp3) is 0.143. The molecule has 0 saturated carbocycles. The zero-order valence-electron chi connectivity index (χ0n) is 10.8. The van der Waals surface area contributed by atoms with Gasteiger partial charge in [-0.1, -0.05) is 0 Å². The number of furan rings is 1. The molecular formula is C14H11FN2O3. The first kappa shape index (κ1) is 12.4. The molecule has 0 aliphatic rings. The van der Waals surface area contributed by atoms with E-state index in [0.717, 1.165) is 17.4 Å². The van der Waals surface area contributed by atoms with E-state index in [9.17, 15) is 9.18 Å². The van der Waals surface area contributed by atoms with E-state index < -0.39 is 11.8 Å². The number of H-pyrrole nitrogens is 1. The molecule has 5 nitrogen and oxygen atoms in total. The van der Waals surface area contributed by atoms with Crippen molar-refractivity contribution < 1.29 is 18.7 Å². The topological polar surface area (TPSA) is 79.1 Å². The number of hydrogen-bond acceptors (Lipinski definition) is 3. The molecule has 20 heavy (non-hydrogen) atoms. The number of benzene rings is 1. The predicted molar refractivity (Wildman–Crippen MR) is 70.2 cm³/mol. The zero-order valence-corrected chi connectivity index (χ0v) is 10.8. The van der Waals surface area contributed by atoms with E-state index in [1.165, 1.54) is 6.07 Å². The van der Waals surface area contributed by atoms with Crippen LogP contribution >= 0.6 is 0 Å². The molecule has 0 unspecified atom stereocenters. The normalized spacial score (nSPS) is 11.2. The van der Waals surface area contributed by atoms with Gasteiger partial charge in [0.2, 0.25) is 0 Å². The fourth-order valence-corrected chi connectivity index (χ4v) is 2.24. The SMILES string of the molecule is Cc1cc(-c2nc3c(C(=O)O)cc(F)cc3[nH]2)c(C)o1. The number of rotatable bonds is 2. The Labute approximate surface area is 113 Å². The van der Waals surface area contributed by atoms with Crippen LogP contribution in [0.15, 0.2) is 22.6 Å². The van der Waals surface area contributed by atoms with Gasteiger partial charge in [0.05, 0.1) is 16.6 Å². The summed E-state index contributed by atoms with van der Waals surface area (Å²) in [6, 6.07) is 3.98. The molecule has 0 aliphatic heterocycles. The van der Waals surface area contributed by atoms with E-state index in [4.69, 9.17) is 9.52 Å². The van der Waals surface area contributed by atoms with E-state index in [1.54, 1.807) is 13.0 Å². The number of aryl methyl sites for hydroxylation is 2. The first-order chi connectivity index (χ1) is 9.45. The van der Waals surface area contributed by atoms with Crippen molar-refractivity contribution in [1.29, 1.82) is 0 Å². The van der Waals surface area contributed by atoms with Crippen molar-refractivity contribution in [3.8, 4) is 11.4 Å². The minimum atomic E-state index is -1.22. The summed E-state index contributed by atoms with van der Waals surface area (Å²) in [4.78, 5) is 18.3. The molecule has 0 amide bonds. The molecular weight excluding hydrogens is 263 g/mol. The molecule has 0 bridgehead atoms. The number of aromatic amines is 1. The molecule has 2 heterocycles. The molecule has 0 atom stereocenters. The maximum absolute atomic E-state index is 13.4. The molecule has 2 aromatic heterocycles. The van der Waals surface area contributed by atoms with Gasteiger partial charge < -0.3 is 14.5 Å². The summed E-state index contributed by atoms with van der Waals surface area (Å²) in [6.45, 7) is 3.59. The Kier molecular flexibility index (Phi) is 2.60. The largest absolute Gasteiger partial charge is 0.478 e. The number of carboxylic acid groups (broad SMARTS) is 1. The van der Waals surface area contributed by atoms with Crippen LogP contribution in [-0.4, -0.2) is 21.0 Å². The van der Waals surface area contributed by atoms with Crippen molar-refractivity contribution in [1.82, 2.24) is 9.97 Å². The monoisotopic (exact) mass is 274 g/mol. The smallest absolute Gasteiger partial charge is 0.338 e. The molecule has 0 saturated heterocycles. The van der Waals surface area contributed by atoms with Gasteiger partial charge in [-0.2, -0.15) is 0 Å². The van der Waals surface area contributed by atoms with E-state index in [2.05, 4.69) is 9.97 Å². The highest BCUT2D eigenvalue weighted by Crippen LogP contribution is 2.28. The van der Waals surface area contributed by atoms with Gasteiger partial charge in [-0.3, -0.25) is 0 Å². The van der Waals surface area contributed by atoms with E-state index in [0.29, 0.717) is 17.1 Å². The number of halogens is 1. The molecule has 3 aromatic rings. The van der Waals surface area contributed by atoms with E-state index in [-0.39, 0.29) is 11.1 Å². The lowest BCUT2D eigenvalue weighted by atomic mass is 10.2. The number of carboxylic acids is 1. The van der Waals surface area contributed by atoms with Crippen molar-refractivity contribution in [3.63, 3.8) is 0 Å². The van der Waals surface area contributed by atoms with Gasteiger partial charge in [-0.15, -0.1) is 0 Å². The molecule has 0 aliphatic carbocycles. The predicted octanol–water partition coefficient (Wildman–Crippen LogP) is 3.28. The maximum Gasteiger partial charge on any atom is 0.338 e. The first-order valence-corrected chi connectivity index (χ1v) is 5.95. The highest BCUT2D eigenvalue weighted by atomic mass is 19.1. The van der Waals surface area contributed by atoms with Crippen LogP contribution < -0.4 is 0 Å². The van der Waals surface area contributed by atoms with E-state index >= 15 is 0 Å². The Hall–Kier alpha value is -2.63. The second kappa shape index (κ2) is 4.19. The Morgan fingerprint density at radius 1 is 1.35 bits per heavy atom. The number of imidazole rings is 1. The molecule has 0 radical (unpaired) electrons. The highest BCUT2D eigenvalue weighted by molar-refractivity contribution is 6.01. The van der Waals surface area contributed by atoms with Gasteiger partial charge in [0.1, 0.15) is 28.7 Å². The second-order valence-corrected chi connectivity index (χ2v) is 4.57. The van der Waals surface area contributed by atoms with Gasteiger partial charge >= 0.3 is 5.97 Å². The highest BCUT2D eigenvalue weighted by Gasteiger charge is 2.17. The molecule has 2 N–H and O–H groups in total. The van der Waals surface area contributed by atoms with Crippen LogP contribution in [0.3, 0.4) is 0 Å². The minimum Gasteiger partial charge on any atom is -0.478 e. The fourth-order valence-electron chi connectivity index (χ4n) is 2.24. The third-order valence-corrected chi connectivity index (χ3v) is 3.08. The van der Waals surface area contributed by atoms with Crippen LogP contribution in [0.1, 0.15) is 21.9 Å². The number of carbonyl (C=O) groups is 1. The van der Waals surface area contributed by atoms with Gasteiger partial charge in [0, 0.05) is 0 Å². The van der Waals surface area contributed by atoms with Crippen LogP contribution in [0.25, 0.3) is 22.4 Å². The average Bonchev–Trinajstić information content (AvgIpc) is 2.90. The van der Waals surface area contributed by atoms with Crippen LogP contribution in [0.4, 0.5) is 4.39 Å². The second-order valence-electron chi connectivity index (χ2n) is 4.57. The number of fused-ring (bicyclic) bond motifs is 1. The Bertz CT molecular complexity index is 832. The third kappa shape index (κ3) is 1.85. The minimum absolute atomic E-state index is 0.166. The lowest BCUT2D eigenvalue weighted by Crippen LogP contribution is -1.98. The van der Waals surface area contributed by atoms with Crippen LogP contribution in [-0.2, 0) is 0 Å². The van der Waals surface area contributed by atoms with E-state index in [1.807, 2.05) is 6.92 Å². The number of aromatic carboxylic acids is 1. The van der Waals surface area contributed by atoms with Crippen LogP contribution in [0.5, 0.6) is 0 Å². The molecule has 0 fully saturated rings. The van der Waals surface area contributed by atoms with Crippen LogP contribution in [0.2, 0.25) is 0 Å². The molecule has 0 spiro atoms. The van der Waals surface area contributed by atoms with Crippen molar-refractivity contribution in [2.24, 2.45) is 0 Å². The lowest BCUT2D eigenvalue weighted by molar-refractivity contribution is 0.0698. The number of aromatic nitrogens is 2. The standard InChI is InChI=1S/C14H11FN2O3/c1-6-3-9(7(2)20-6)13-16-11-5-8(15)4-10(14(18)19)12(11)17-13/h3-5H,1-2H3,(H,16,17)(H,18,19). The summed E-state index contributed by atoms with van der Waals surface area (Å²) < 4.78 is 18.8. The summed E-state index contributed by atoms with van der Waals surface area (Å²) >= 11 is 0. The summed E-state index contributed by atoms with van der Waals surface area (Å²) in [5, 5.41) is 9.11. The van der Waals surface area contributed by atoms with Crippen molar-refractivity contribution in [3.05, 3.63) is 41.1 Å². The van der Waals surface area contributed by atoms with Gasteiger partial charge in [0.15, 0.2) is 0 Å². The number of nitrogens with one attached hydrogen (secondary N) is 1. The van der Waals surface area contributed by atoms with Gasteiger partial charge in [-0.25, -0.2) is 14.2 Å². The van der Waals surface area contributed by atoms with Crippen molar-refractivity contribution in [2.45, 2.75) is 13.8 Å². The van der Waals surface area contributed by atoms with Crippen molar-refractivity contribution in [2.75, 3.05) is 0 Å². The Morgan fingerprint density at radius 2 is 2.10 bits per heavy atom. The Morgan fingerprint density at radius 3 is 2.70 bits per heavy atom. The third-order valence-electron chi connectivity index (χ3n) is 3.08. The molecule has 3 rings (SSSR count). The Balaban J connectivity index is 2.28. The molecule has 1 aromatic carbocycles. The van der Waals surface area contributed by atoms with Crippen LogP contribution in [0, 0.1) is 19.7 Å². The summed E-state index contributed by atoms with van der Waals surface area (Å²) in [5.74, 6) is 0.0155. The lowest BCUT2D eigenvalue weighted by Gasteiger charge is -1.95. The first-order valence-electron chi connectivity index (χ1n) is 5.95. The maximum atomic E-state index is 13.4. The summed E-state index contributed by atoms with van der Waals surface area (Å²) in [6.07, 6.45) is 0. The summed E-state index contributed by atoms with van der Waals surface area (Å²) in [5.41, 5.74) is 1.14. The van der Waals surface area contributed by atoms with Gasteiger partial charge in [-0.05, 0) is 32.0 Å². The summed E-state index contributed by atoms with van der Waals surface area (Å²) in [7, 11) is 0. The number of nitrogens with zero attached hydrogens (tertiary/aromatic N) is 1. The number of hydrogen-bond donors (Lipinski definition) is 2.